The Morgan fingerprint density at radius 2 is 2.11 bits per heavy atom. The van der Waals surface area contributed by atoms with E-state index in [1.165, 1.54) is 4.90 Å². The largest absolute Gasteiger partial charge is 0.324 e. The summed E-state index contributed by atoms with van der Waals surface area (Å²) >= 11 is 1.76. The molecule has 0 spiro atoms. The van der Waals surface area contributed by atoms with Crippen molar-refractivity contribution in [3.05, 3.63) is 42.0 Å². The van der Waals surface area contributed by atoms with Crippen LogP contribution in [0.1, 0.15) is 44.2 Å². The Labute approximate surface area is 118 Å². The predicted octanol–water partition coefficient (Wildman–Crippen LogP) is 3.17. The van der Waals surface area contributed by atoms with Crippen molar-refractivity contribution < 1.29 is 0 Å². The minimum Gasteiger partial charge on any atom is -0.324 e. The smallest absolute Gasteiger partial charge is 0.138 e. The standard InChI is InChI=1S/C14H20N4S/c1-10(2)18-14(16-9-17-18)8-19-13-6-4-5-12(7-13)11(3)15/h4-7,9-11H,8,15H2,1-3H3. The molecule has 2 rings (SSSR count). The Morgan fingerprint density at radius 3 is 2.79 bits per heavy atom. The van der Waals surface area contributed by atoms with Gasteiger partial charge in [-0.2, -0.15) is 5.10 Å². The third-order valence-corrected chi connectivity index (χ3v) is 3.88. The lowest BCUT2D eigenvalue weighted by molar-refractivity contribution is 0.514. The Bertz CT molecular complexity index is 534. The highest BCUT2D eigenvalue weighted by Gasteiger charge is 2.08. The third-order valence-electron chi connectivity index (χ3n) is 2.89. The first-order chi connectivity index (χ1) is 9.08. The van der Waals surface area contributed by atoms with Crippen molar-refractivity contribution in [3.8, 4) is 0 Å². The van der Waals surface area contributed by atoms with Gasteiger partial charge in [-0.15, -0.1) is 11.8 Å². The molecule has 0 aliphatic heterocycles. The van der Waals surface area contributed by atoms with Crippen LogP contribution in [-0.2, 0) is 5.75 Å². The molecule has 0 aliphatic carbocycles. The number of benzene rings is 1. The number of nitrogens with two attached hydrogens (primary N) is 1. The first-order valence-corrected chi connectivity index (χ1v) is 7.43. The van der Waals surface area contributed by atoms with Gasteiger partial charge in [0.1, 0.15) is 12.2 Å². The Morgan fingerprint density at radius 1 is 1.32 bits per heavy atom. The minimum atomic E-state index is 0.0693. The van der Waals surface area contributed by atoms with E-state index in [4.69, 9.17) is 5.73 Å². The lowest BCUT2D eigenvalue weighted by atomic mass is 10.1. The van der Waals surface area contributed by atoms with Crippen LogP contribution in [0, 0.1) is 0 Å². The minimum absolute atomic E-state index is 0.0693. The van der Waals surface area contributed by atoms with Gasteiger partial charge in [0.05, 0.1) is 5.75 Å². The van der Waals surface area contributed by atoms with Gasteiger partial charge in [0, 0.05) is 17.0 Å². The summed E-state index contributed by atoms with van der Waals surface area (Å²) in [7, 11) is 0. The van der Waals surface area contributed by atoms with Crippen LogP contribution in [0.15, 0.2) is 35.5 Å². The predicted molar refractivity (Wildman–Crippen MR) is 79.0 cm³/mol. The van der Waals surface area contributed by atoms with Crippen molar-refractivity contribution >= 4 is 11.8 Å². The number of hydrogen-bond donors (Lipinski definition) is 1. The molecule has 4 nitrogen and oxygen atoms in total. The molecule has 1 aromatic carbocycles. The van der Waals surface area contributed by atoms with Crippen LogP contribution in [0.3, 0.4) is 0 Å². The summed E-state index contributed by atoms with van der Waals surface area (Å²) < 4.78 is 1.96. The lowest BCUT2D eigenvalue weighted by Gasteiger charge is -2.10. The molecule has 0 radical (unpaired) electrons. The fraction of sp³-hybridized carbons (Fsp3) is 0.429. The highest BCUT2D eigenvalue weighted by molar-refractivity contribution is 7.98. The van der Waals surface area contributed by atoms with Crippen molar-refractivity contribution in [2.24, 2.45) is 5.73 Å². The van der Waals surface area contributed by atoms with E-state index >= 15 is 0 Å². The summed E-state index contributed by atoms with van der Waals surface area (Å²) in [5, 5.41) is 4.25. The van der Waals surface area contributed by atoms with E-state index in [9.17, 15) is 0 Å². The van der Waals surface area contributed by atoms with Crippen LogP contribution in [0.5, 0.6) is 0 Å². The van der Waals surface area contributed by atoms with Gasteiger partial charge in [0.2, 0.25) is 0 Å². The van der Waals surface area contributed by atoms with Crippen molar-refractivity contribution in [2.45, 2.75) is 43.5 Å². The SMILES string of the molecule is CC(N)c1cccc(SCc2ncnn2C(C)C)c1. The number of rotatable bonds is 5. The average molecular weight is 276 g/mol. The number of thioether (sulfide) groups is 1. The second-order valence-electron chi connectivity index (χ2n) is 4.86. The van der Waals surface area contributed by atoms with Crippen LogP contribution in [0.2, 0.25) is 0 Å². The fourth-order valence-electron chi connectivity index (χ4n) is 1.84. The van der Waals surface area contributed by atoms with Crippen molar-refractivity contribution in [1.82, 2.24) is 14.8 Å². The second kappa shape index (κ2) is 6.21. The Balaban J connectivity index is 2.06. The second-order valence-corrected chi connectivity index (χ2v) is 5.91. The van der Waals surface area contributed by atoms with E-state index in [1.807, 2.05) is 17.7 Å². The summed E-state index contributed by atoms with van der Waals surface area (Å²) in [5.41, 5.74) is 7.06. The van der Waals surface area contributed by atoms with Gasteiger partial charge in [-0.25, -0.2) is 9.67 Å². The van der Waals surface area contributed by atoms with E-state index in [0.29, 0.717) is 6.04 Å². The Kier molecular flexibility index (Phi) is 4.61. The number of aromatic nitrogens is 3. The molecule has 0 amide bonds. The van der Waals surface area contributed by atoms with Gasteiger partial charge in [-0.3, -0.25) is 0 Å². The van der Waals surface area contributed by atoms with Crippen molar-refractivity contribution in [2.75, 3.05) is 0 Å². The normalized spacial score (nSPS) is 12.9. The van der Waals surface area contributed by atoms with Crippen LogP contribution in [0.4, 0.5) is 0 Å². The van der Waals surface area contributed by atoms with Gasteiger partial charge in [-0.1, -0.05) is 12.1 Å². The topological polar surface area (TPSA) is 56.7 Å². The molecule has 1 aromatic heterocycles. The van der Waals surface area contributed by atoms with Crippen LogP contribution in [-0.4, -0.2) is 14.8 Å². The first-order valence-electron chi connectivity index (χ1n) is 6.44. The monoisotopic (exact) mass is 276 g/mol. The van der Waals surface area contributed by atoms with E-state index < -0.39 is 0 Å². The summed E-state index contributed by atoms with van der Waals surface area (Å²) in [6, 6.07) is 8.77. The third kappa shape index (κ3) is 3.58. The molecule has 102 valence electrons. The first kappa shape index (κ1) is 14.1. The van der Waals surface area contributed by atoms with Crippen LogP contribution < -0.4 is 5.73 Å². The number of hydrogen-bond acceptors (Lipinski definition) is 4. The van der Waals surface area contributed by atoms with E-state index in [-0.39, 0.29) is 6.04 Å². The maximum atomic E-state index is 5.90. The lowest BCUT2D eigenvalue weighted by Crippen LogP contribution is -2.07. The van der Waals surface area contributed by atoms with Crippen molar-refractivity contribution in [1.29, 1.82) is 0 Å². The zero-order chi connectivity index (χ0) is 13.8. The molecule has 0 aliphatic rings. The number of nitrogens with zero attached hydrogens (tertiary/aromatic N) is 3. The summed E-state index contributed by atoms with van der Waals surface area (Å²) in [4.78, 5) is 5.53. The van der Waals surface area contributed by atoms with Gasteiger partial charge >= 0.3 is 0 Å². The van der Waals surface area contributed by atoms with Gasteiger partial charge in [-0.05, 0) is 38.5 Å². The quantitative estimate of drug-likeness (QED) is 0.852. The molecular formula is C14H20N4S. The molecular weight excluding hydrogens is 256 g/mol. The van der Waals surface area contributed by atoms with E-state index in [1.54, 1.807) is 18.1 Å². The van der Waals surface area contributed by atoms with E-state index in [2.05, 4.69) is 42.1 Å². The van der Waals surface area contributed by atoms with Crippen LogP contribution in [0.25, 0.3) is 0 Å². The molecule has 2 aromatic rings. The average Bonchev–Trinajstić information content (AvgIpc) is 2.85. The highest BCUT2D eigenvalue weighted by atomic mass is 32.2. The molecule has 1 heterocycles. The molecule has 0 bridgehead atoms. The molecule has 0 fully saturated rings. The molecule has 1 unspecified atom stereocenters. The Hall–Kier alpha value is -1.33. The van der Waals surface area contributed by atoms with Gasteiger partial charge < -0.3 is 5.73 Å². The van der Waals surface area contributed by atoms with E-state index in [0.717, 1.165) is 17.1 Å². The molecule has 2 N–H and O–H groups in total. The zero-order valence-corrected chi connectivity index (χ0v) is 12.4. The van der Waals surface area contributed by atoms with Crippen molar-refractivity contribution in [3.63, 3.8) is 0 Å². The van der Waals surface area contributed by atoms with Crippen LogP contribution >= 0.6 is 11.8 Å². The molecule has 5 heteroatoms. The fourth-order valence-corrected chi connectivity index (χ4v) is 2.74. The molecule has 19 heavy (non-hydrogen) atoms. The zero-order valence-electron chi connectivity index (χ0n) is 11.6. The van der Waals surface area contributed by atoms with Gasteiger partial charge in [0.15, 0.2) is 0 Å². The molecule has 1 atom stereocenters. The summed E-state index contributed by atoms with van der Waals surface area (Å²) in [6.45, 7) is 6.22. The van der Waals surface area contributed by atoms with Gasteiger partial charge in [0.25, 0.3) is 0 Å². The highest BCUT2D eigenvalue weighted by Crippen LogP contribution is 2.25. The maximum Gasteiger partial charge on any atom is 0.138 e. The maximum absolute atomic E-state index is 5.90. The molecule has 0 saturated heterocycles. The summed E-state index contributed by atoms with van der Waals surface area (Å²) in [5.74, 6) is 1.83. The summed E-state index contributed by atoms with van der Waals surface area (Å²) in [6.07, 6.45) is 1.62. The molecule has 0 saturated carbocycles.